The first-order chi connectivity index (χ1) is 19.1. The van der Waals surface area contributed by atoms with E-state index in [-0.39, 0.29) is 12.0 Å². The number of anilines is 1. The molecule has 6 rings (SSSR count). The summed E-state index contributed by atoms with van der Waals surface area (Å²) in [6.07, 6.45) is -0.242. The number of nitrogen functional groups attached to an aromatic ring is 1. The summed E-state index contributed by atoms with van der Waals surface area (Å²) in [7, 11) is -0.447. The molecule has 2 heterocycles. The second kappa shape index (κ2) is 10.3. The molecule has 40 heavy (non-hydrogen) atoms. The van der Waals surface area contributed by atoms with Crippen molar-refractivity contribution in [2.24, 2.45) is 0 Å². The van der Waals surface area contributed by atoms with E-state index in [0.717, 1.165) is 30.7 Å². The van der Waals surface area contributed by atoms with E-state index in [4.69, 9.17) is 19.8 Å². The van der Waals surface area contributed by atoms with Crippen LogP contribution in [0.4, 0.5) is 10.5 Å². The molecule has 0 radical (unpaired) electrons. The quantitative estimate of drug-likeness (QED) is 0.376. The van der Waals surface area contributed by atoms with Gasteiger partial charge in [0.1, 0.15) is 6.61 Å². The Morgan fingerprint density at radius 2 is 1.48 bits per heavy atom. The average molecular weight is 539 g/mol. The first-order valence-corrected chi connectivity index (χ1v) is 14.2. The van der Waals surface area contributed by atoms with E-state index < -0.39 is 18.3 Å². The van der Waals surface area contributed by atoms with Crippen LogP contribution in [-0.2, 0) is 20.6 Å². The van der Waals surface area contributed by atoms with Crippen LogP contribution in [0.15, 0.2) is 66.7 Å². The van der Waals surface area contributed by atoms with Gasteiger partial charge in [-0.05, 0) is 73.1 Å². The topological polar surface area (TPSA) is 77.3 Å². The van der Waals surface area contributed by atoms with Crippen LogP contribution in [0.2, 0.25) is 0 Å². The highest BCUT2D eigenvalue weighted by Gasteiger charge is 2.51. The third kappa shape index (κ3) is 5.00. The summed E-state index contributed by atoms with van der Waals surface area (Å²) in [5.41, 5.74) is 13.1. The van der Waals surface area contributed by atoms with Gasteiger partial charge in [-0.2, -0.15) is 0 Å². The number of ether oxygens (including phenoxy) is 1. The van der Waals surface area contributed by atoms with Crippen molar-refractivity contribution in [2.75, 3.05) is 38.5 Å². The lowest BCUT2D eigenvalue weighted by Crippen LogP contribution is -2.48. The van der Waals surface area contributed by atoms with Crippen LogP contribution in [0.1, 0.15) is 50.3 Å². The molecule has 2 N–H and O–H groups in total. The van der Waals surface area contributed by atoms with Crippen molar-refractivity contribution in [3.63, 3.8) is 0 Å². The maximum Gasteiger partial charge on any atom is 0.494 e. The van der Waals surface area contributed by atoms with Crippen LogP contribution in [0.3, 0.4) is 0 Å². The molecule has 2 fully saturated rings. The summed E-state index contributed by atoms with van der Waals surface area (Å²) in [6.45, 7) is 12.1. The fourth-order valence-corrected chi connectivity index (χ4v) is 5.98. The molecule has 0 unspecified atom stereocenters. The number of fused-ring (bicyclic) bond motifs is 3. The number of nitrogens with zero attached hydrogens (tertiary/aromatic N) is 2. The number of nitrogens with two attached hydrogens (primary N) is 1. The largest absolute Gasteiger partial charge is 0.494 e. The lowest BCUT2D eigenvalue weighted by molar-refractivity contribution is 0.00578. The predicted octanol–water partition coefficient (Wildman–Crippen LogP) is 4.63. The number of amides is 1. The summed E-state index contributed by atoms with van der Waals surface area (Å²) in [6, 6.07) is 22.9. The van der Waals surface area contributed by atoms with Gasteiger partial charge in [0, 0.05) is 44.3 Å². The number of hydrogen-bond donors (Lipinski definition) is 1. The zero-order chi connectivity index (χ0) is 28.1. The fourth-order valence-electron chi connectivity index (χ4n) is 5.98. The second-order valence-corrected chi connectivity index (χ2v) is 12.2. The molecule has 1 amide bonds. The van der Waals surface area contributed by atoms with Crippen LogP contribution in [0.25, 0.3) is 11.1 Å². The summed E-state index contributed by atoms with van der Waals surface area (Å²) < 4.78 is 18.4. The molecular formula is C32H38BN3O4. The minimum Gasteiger partial charge on any atom is -0.448 e. The highest BCUT2D eigenvalue weighted by atomic mass is 16.7. The third-order valence-corrected chi connectivity index (χ3v) is 8.94. The molecule has 0 aromatic heterocycles. The summed E-state index contributed by atoms with van der Waals surface area (Å²) >= 11 is 0. The fraction of sp³-hybridized carbons (Fsp3) is 0.406. The van der Waals surface area contributed by atoms with Gasteiger partial charge in [-0.15, -0.1) is 0 Å². The summed E-state index contributed by atoms with van der Waals surface area (Å²) in [4.78, 5) is 17.2. The van der Waals surface area contributed by atoms with Crippen molar-refractivity contribution in [1.29, 1.82) is 0 Å². The number of rotatable bonds is 5. The predicted molar refractivity (Wildman–Crippen MR) is 158 cm³/mol. The Bertz CT molecular complexity index is 1360. The number of hydrogen-bond acceptors (Lipinski definition) is 6. The van der Waals surface area contributed by atoms with Crippen LogP contribution >= 0.6 is 0 Å². The van der Waals surface area contributed by atoms with E-state index >= 15 is 0 Å². The van der Waals surface area contributed by atoms with Gasteiger partial charge in [-0.3, -0.25) is 4.90 Å². The van der Waals surface area contributed by atoms with Gasteiger partial charge in [0.25, 0.3) is 0 Å². The number of carbonyl (C=O) groups is 1. The maximum absolute atomic E-state index is 13.0. The number of benzene rings is 3. The molecule has 8 heteroatoms. The van der Waals surface area contributed by atoms with Gasteiger partial charge in [0.05, 0.1) is 11.2 Å². The highest BCUT2D eigenvalue weighted by molar-refractivity contribution is 6.62. The van der Waals surface area contributed by atoms with Gasteiger partial charge in [0.15, 0.2) is 0 Å². The lowest BCUT2D eigenvalue weighted by atomic mass is 9.78. The van der Waals surface area contributed by atoms with E-state index in [1.54, 1.807) is 0 Å². The zero-order valence-corrected chi connectivity index (χ0v) is 23.9. The van der Waals surface area contributed by atoms with Gasteiger partial charge in [-0.25, -0.2) is 4.79 Å². The third-order valence-electron chi connectivity index (χ3n) is 8.94. The monoisotopic (exact) mass is 539 g/mol. The number of carbonyl (C=O) groups excluding carboxylic acids is 1. The van der Waals surface area contributed by atoms with Crippen molar-refractivity contribution in [3.05, 3.63) is 83.4 Å². The van der Waals surface area contributed by atoms with E-state index in [9.17, 15) is 4.79 Å². The van der Waals surface area contributed by atoms with Gasteiger partial charge in [0.2, 0.25) is 0 Å². The van der Waals surface area contributed by atoms with Crippen molar-refractivity contribution < 1.29 is 18.8 Å². The van der Waals surface area contributed by atoms with Crippen LogP contribution in [0.5, 0.6) is 0 Å². The van der Waals surface area contributed by atoms with Crippen molar-refractivity contribution in [1.82, 2.24) is 9.80 Å². The molecule has 0 spiro atoms. The first kappa shape index (κ1) is 26.9. The molecule has 3 aromatic carbocycles. The minimum atomic E-state index is -0.447. The van der Waals surface area contributed by atoms with Gasteiger partial charge >= 0.3 is 13.2 Å². The second-order valence-electron chi connectivity index (χ2n) is 12.2. The summed E-state index contributed by atoms with van der Waals surface area (Å²) in [5.74, 6) is 0.0688. The van der Waals surface area contributed by atoms with Gasteiger partial charge < -0.3 is 24.7 Å². The minimum absolute atomic E-state index is 0.0688. The normalized spacial score (nSPS) is 19.9. The molecule has 3 aromatic rings. The smallest absolute Gasteiger partial charge is 0.448 e. The van der Waals surface area contributed by atoms with Gasteiger partial charge in [-0.1, -0.05) is 54.6 Å². The Hall–Kier alpha value is -3.33. The molecule has 7 nitrogen and oxygen atoms in total. The highest BCUT2D eigenvalue weighted by Crippen LogP contribution is 2.44. The van der Waals surface area contributed by atoms with E-state index in [0.29, 0.717) is 25.4 Å². The van der Waals surface area contributed by atoms with Crippen molar-refractivity contribution in [3.8, 4) is 11.1 Å². The Balaban J connectivity index is 1.04. The van der Waals surface area contributed by atoms with E-state index in [1.807, 2.05) is 17.0 Å². The SMILES string of the molecule is CC1(C)OB(c2cc(N)cc(CN3CCN(C(=O)OCC4c5ccccc5-c5ccccc54)CC3)c2)OC1(C)C. The molecular weight excluding hydrogens is 501 g/mol. The van der Waals surface area contributed by atoms with E-state index in [1.165, 1.54) is 22.3 Å². The molecule has 2 aliphatic heterocycles. The Morgan fingerprint density at radius 3 is 2.08 bits per heavy atom. The Kier molecular flexibility index (Phi) is 6.89. The Labute approximate surface area is 237 Å². The van der Waals surface area contributed by atoms with E-state index in [2.05, 4.69) is 87.2 Å². The van der Waals surface area contributed by atoms with Crippen LogP contribution in [0, 0.1) is 0 Å². The first-order valence-electron chi connectivity index (χ1n) is 14.2. The molecule has 3 aliphatic rings. The van der Waals surface area contributed by atoms with Crippen LogP contribution in [-0.4, -0.2) is 67.0 Å². The lowest BCUT2D eigenvalue weighted by Gasteiger charge is -2.34. The Morgan fingerprint density at radius 1 is 0.900 bits per heavy atom. The summed E-state index contributed by atoms with van der Waals surface area (Å²) in [5, 5.41) is 0. The number of piperazine rings is 1. The molecule has 0 saturated carbocycles. The standard InChI is InChI=1S/C32H38BN3O4/c1-31(2)32(3,4)40-33(39-31)23-17-22(18-24(34)19-23)20-35-13-15-36(16-14-35)30(37)38-21-29-27-11-7-5-9-25(27)26-10-6-8-12-28(26)29/h5-12,17-19,29H,13-16,20-21,34H2,1-4H3. The zero-order valence-electron chi connectivity index (χ0n) is 23.9. The molecule has 1 aliphatic carbocycles. The van der Waals surface area contributed by atoms with Crippen LogP contribution < -0.4 is 11.2 Å². The molecule has 208 valence electrons. The molecule has 2 saturated heterocycles. The average Bonchev–Trinajstić information content (AvgIpc) is 3.36. The van der Waals surface area contributed by atoms with Crippen molar-refractivity contribution >= 4 is 24.4 Å². The molecule has 0 bridgehead atoms. The maximum atomic E-state index is 13.0. The molecule has 0 atom stereocenters. The van der Waals surface area contributed by atoms with Crippen molar-refractivity contribution in [2.45, 2.75) is 51.4 Å².